The van der Waals surface area contributed by atoms with E-state index in [0.717, 1.165) is 52.2 Å². The second-order valence-corrected chi connectivity index (χ2v) is 4.63. The normalized spacial score (nSPS) is 27.2. The minimum Gasteiger partial charge on any atom is -0.385 e. The van der Waals surface area contributed by atoms with Crippen LogP contribution in [0.2, 0.25) is 0 Å². The van der Waals surface area contributed by atoms with Crippen LogP contribution in [0.5, 0.6) is 0 Å². The quantitative estimate of drug-likeness (QED) is 0.659. The lowest BCUT2D eigenvalue weighted by molar-refractivity contribution is 0.0619. The van der Waals surface area contributed by atoms with E-state index in [9.17, 15) is 0 Å². The number of hydrogen-bond donors (Lipinski definition) is 1. The van der Waals surface area contributed by atoms with Crippen LogP contribution in [0.25, 0.3) is 0 Å². The van der Waals surface area contributed by atoms with Crippen LogP contribution in [-0.2, 0) is 9.47 Å². The number of hydrogen-bond acceptors (Lipinski definition) is 4. The number of nitrogens with two attached hydrogens (primary N) is 1. The van der Waals surface area contributed by atoms with Crippen molar-refractivity contribution in [1.82, 2.24) is 4.90 Å². The molecule has 1 heterocycles. The highest BCUT2D eigenvalue weighted by Crippen LogP contribution is 2.14. The maximum atomic E-state index is 5.93. The van der Waals surface area contributed by atoms with Crippen molar-refractivity contribution in [2.24, 2.45) is 5.73 Å². The monoisotopic (exact) mass is 230 g/mol. The first-order valence-electron chi connectivity index (χ1n) is 6.30. The molecule has 0 aromatic carbocycles. The number of ether oxygens (including phenoxy) is 2. The third-order valence-corrected chi connectivity index (χ3v) is 3.21. The lowest BCUT2D eigenvalue weighted by atomic mass is 9.99. The molecule has 96 valence electrons. The van der Waals surface area contributed by atoms with Gasteiger partial charge in [0.05, 0.1) is 6.61 Å². The highest BCUT2D eigenvalue weighted by atomic mass is 16.5. The van der Waals surface area contributed by atoms with Crippen molar-refractivity contribution >= 4 is 0 Å². The van der Waals surface area contributed by atoms with Gasteiger partial charge in [0.1, 0.15) is 0 Å². The number of rotatable bonds is 7. The van der Waals surface area contributed by atoms with Crippen molar-refractivity contribution in [3.05, 3.63) is 0 Å². The van der Waals surface area contributed by atoms with Gasteiger partial charge in [-0.2, -0.15) is 0 Å². The molecule has 4 nitrogen and oxygen atoms in total. The van der Waals surface area contributed by atoms with E-state index in [0.29, 0.717) is 12.1 Å². The fourth-order valence-electron chi connectivity index (χ4n) is 2.18. The maximum Gasteiger partial charge on any atom is 0.0593 e. The van der Waals surface area contributed by atoms with E-state index in [4.69, 9.17) is 15.2 Å². The molecule has 4 heteroatoms. The van der Waals surface area contributed by atoms with E-state index in [1.54, 1.807) is 7.11 Å². The Morgan fingerprint density at radius 3 is 2.81 bits per heavy atom. The van der Waals surface area contributed by atoms with Gasteiger partial charge in [0.25, 0.3) is 0 Å². The van der Waals surface area contributed by atoms with Crippen molar-refractivity contribution in [2.45, 2.75) is 38.3 Å². The number of likely N-dealkylation sites (tertiary alicyclic amines) is 1. The van der Waals surface area contributed by atoms with E-state index < -0.39 is 0 Å². The highest BCUT2D eigenvalue weighted by molar-refractivity contribution is 4.80. The smallest absolute Gasteiger partial charge is 0.0593 e. The van der Waals surface area contributed by atoms with Crippen LogP contribution in [-0.4, -0.2) is 57.0 Å². The first-order chi connectivity index (χ1) is 7.74. The first-order valence-corrected chi connectivity index (χ1v) is 6.30. The topological polar surface area (TPSA) is 47.7 Å². The Kier molecular flexibility index (Phi) is 6.96. The van der Waals surface area contributed by atoms with Gasteiger partial charge in [-0.15, -0.1) is 0 Å². The van der Waals surface area contributed by atoms with Gasteiger partial charge in [-0.25, -0.2) is 0 Å². The summed E-state index contributed by atoms with van der Waals surface area (Å²) in [5, 5.41) is 0. The molecule has 0 aromatic rings. The summed E-state index contributed by atoms with van der Waals surface area (Å²) in [6.07, 6.45) is 3.22. The molecule has 0 bridgehead atoms. The molecule has 2 N–H and O–H groups in total. The Morgan fingerprint density at radius 2 is 2.12 bits per heavy atom. The average molecular weight is 230 g/mol. The molecule has 1 aliphatic rings. The summed E-state index contributed by atoms with van der Waals surface area (Å²) in [5.74, 6) is 0. The Hall–Kier alpha value is -0.160. The molecule has 1 fully saturated rings. The second-order valence-electron chi connectivity index (χ2n) is 4.63. The zero-order valence-electron chi connectivity index (χ0n) is 10.7. The predicted octanol–water partition coefficient (Wildman–Crippen LogP) is 0.851. The lowest BCUT2D eigenvalue weighted by Gasteiger charge is -2.36. The number of methoxy groups -OCH3 is 1. The third kappa shape index (κ3) is 5.25. The largest absolute Gasteiger partial charge is 0.385 e. The van der Waals surface area contributed by atoms with Gasteiger partial charge in [0.2, 0.25) is 0 Å². The summed E-state index contributed by atoms with van der Waals surface area (Å²) >= 11 is 0. The Labute approximate surface area is 99.1 Å². The lowest BCUT2D eigenvalue weighted by Crippen LogP contribution is -2.46. The molecule has 1 rings (SSSR count). The predicted molar refractivity (Wildman–Crippen MR) is 65.6 cm³/mol. The zero-order chi connectivity index (χ0) is 11.8. The maximum absolute atomic E-state index is 5.93. The van der Waals surface area contributed by atoms with E-state index >= 15 is 0 Å². The van der Waals surface area contributed by atoms with Gasteiger partial charge in [0, 0.05) is 39.0 Å². The van der Waals surface area contributed by atoms with Crippen LogP contribution < -0.4 is 5.73 Å². The molecule has 0 radical (unpaired) electrons. The Bertz CT molecular complexity index is 178. The first kappa shape index (κ1) is 13.9. The van der Waals surface area contributed by atoms with Gasteiger partial charge in [-0.3, -0.25) is 4.90 Å². The molecule has 2 atom stereocenters. The minimum absolute atomic E-state index is 0.397. The minimum atomic E-state index is 0.397. The van der Waals surface area contributed by atoms with Crippen LogP contribution in [0.15, 0.2) is 0 Å². The molecule has 0 aliphatic carbocycles. The van der Waals surface area contributed by atoms with Crippen LogP contribution in [0.1, 0.15) is 26.2 Å². The number of nitrogens with zero attached hydrogens (tertiary/aromatic N) is 1. The molecule has 0 amide bonds. The summed E-state index contributed by atoms with van der Waals surface area (Å²) in [7, 11) is 1.72. The van der Waals surface area contributed by atoms with Crippen LogP contribution in [0.3, 0.4) is 0 Å². The summed E-state index contributed by atoms with van der Waals surface area (Å²) in [6.45, 7) is 6.81. The molecule has 0 spiro atoms. The van der Waals surface area contributed by atoms with Gasteiger partial charge in [-0.05, 0) is 32.7 Å². The highest BCUT2D eigenvalue weighted by Gasteiger charge is 2.22. The van der Waals surface area contributed by atoms with E-state index in [1.807, 2.05) is 0 Å². The van der Waals surface area contributed by atoms with E-state index in [1.165, 1.54) is 0 Å². The van der Waals surface area contributed by atoms with Crippen molar-refractivity contribution in [3.63, 3.8) is 0 Å². The van der Waals surface area contributed by atoms with Gasteiger partial charge in [-0.1, -0.05) is 0 Å². The molecule has 0 aromatic heterocycles. The molecule has 1 saturated heterocycles. The van der Waals surface area contributed by atoms with E-state index in [2.05, 4.69) is 11.8 Å². The van der Waals surface area contributed by atoms with E-state index in [-0.39, 0.29) is 0 Å². The zero-order valence-corrected chi connectivity index (χ0v) is 10.7. The Balaban J connectivity index is 2.00. The van der Waals surface area contributed by atoms with Crippen LogP contribution in [0.4, 0.5) is 0 Å². The summed E-state index contributed by atoms with van der Waals surface area (Å²) < 4.78 is 10.5. The van der Waals surface area contributed by atoms with Crippen LogP contribution in [0, 0.1) is 0 Å². The molecule has 1 aliphatic heterocycles. The third-order valence-electron chi connectivity index (χ3n) is 3.21. The van der Waals surface area contributed by atoms with Crippen molar-refractivity contribution in [2.75, 3.05) is 40.0 Å². The molecule has 16 heavy (non-hydrogen) atoms. The average Bonchev–Trinajstić information content (AvgIpc) is 2.26. The SMILES string of the molecule is COCCCOCCN1CCC(N)CC1C. The molecular formula is C12H26N2O2. The van der Waals surface area contributed by atoms with Gasteiger partial charge in [0.15, 0.2) is 0 Å². The second kappa shape index (κ2) is 8.01. The standard InChI is InChI=1S/C12H26N2O2/c1-11-10-12(13)4-5-14(11)6-9-16-8-3-7-15-2/h11-12H,3-10,13H2,1-2H3. The van der Waals surface area contributed by atoms with Crippen molar-refractivity contribution in [1.29, 1.82) is 0 Å². The van der Waals surface area contributed by atoms with Crippen molar-refractivity contribution < 1.29 is 9.47 Å². The molecule has 2 unspecified atom stereocenters. The fourth-order valence-corrected chi connectivity index (χ4v) is 2.18. The fraction of sp³-hybridized carbons (Fsp3) is 1.00. The van der Waals surface area contributed by atoms with Gasteiger partial charge >= 0.3 is 0 Å². The summed E-state index contributed by atoms with van der Waals surface area (Å²) in [6, 6.07) is 1.00. The Morgan fingerprint density at radius 1 is 1.31 bits per heavy atom. The number of piperidine rings is 1. The van der Waals surface area contributed by atoms with Gasteiger partial charge < -0.3 is 15.2 Å². The molecule has 0 saturated carbocycles. The van der Waals surface area contributed by atoms with Crippen LogP contribution >= 0.6 is 0 Å². The summed E-state index contributed by atoms with van der Waals surface area (Å²) in [5.41, 5.74) is 5.93. The van der Waals surface area contributed by atoms with Crippen molar-refractivity contribution in [3.8, 4) is 0 Å². The summed E-state index contributed by atoms with van der Waals surface area (Å²) in [4.78, 5) is 2.47. The molecular weight excluding hydrogens is 204 g/mol.